The van der Waals surface area contributed by atoms with E-state index in [1.807, 2.05) is 17.0 Å². The molecule has 3 heterocycles. The van der Waals surface area contributed by atoms with Crippen molar-refractivity contribution in [1.29, 1.82) is 0 Å². The van der Waals surface area contributed by atoms with Gasteiger partial charge in [-0.3, -0.25) is 9.59 Å². The van der Waals surface area contributed by atoms with E-state index in [4.69, 9.17) is 8.83 Å². The van der Waals surface area contributed by atoms with E-state index in [0.29, 0.717) is 49.0 Å². The molecule has 30 heavy (non-hydrogen) atoms. The Balaban J connectivity index is 1.20. The van der Waals surface area contributed by atoms with Gasteiger partial charge in [0.1, 0.15) is 5.76 Å². The molecule has 0 saturated heterocycles. The fourth-order valence-electron chi connectivity index (χ4n) is 3.65. The lowest BCUT2D eigenvalue weighted by atomic mass is 9.99. The highest BCUT2D eigenvalue weighted by atomic mass is 16.4. The average molecular weight is 407 g/mol. The summed E-state index contributed by atoms with van der Waals surface area (Å²) < 4.78 is 10.8. The summed E-state index contributed by atoms with van der Waals surface area (Å²) in [6.07, 6.45) is 3.61. The van der Waals surface area contributed by atoms with E-state index in [0.717, 1.165) is 13.0 Å². The number of amides is 2. The van der Waals surface area contributed by atoms with Crippen molar-refractivity contribution >= 4 is 11.8 Å². The highest BCUT2D eigenvalue weighted by molar-refractivity contribution is 5.79. The number of nitrogens with one attached hydrogen (secondary N) is 1. The van der Waals surface area contributed by atoms with Gasteiger partial charge in [-0.15, -0.1) is 0 Å². The van der Waals surface area contributed by atoms with Crippen LogP contribution in [0.3, 0.4) is 0 Å². The fourth-order valence-corrected chi connectivity index (χ4v) is 3.65. The molecule has 1 aliphatic rings. The SMILES string of the molecule is Cc1oc(-c2ccco2)nc1CC(=O)NCCCC(=O)N1CCc2ccccc2C1. The van der Waals surface area contributed by atoms with Gasteiger partial charge in [-0.1, -0.05) is 24.3 Å². The van der Waals surface area contributed by atoms with Crippen LogP contribution in [-0.4, -0.2) is 34.8 Å². The Kier molecular flexibility index (Phi) is 5.97. The zero-order valence-electron chi connectivity index (χ0n) is 17.0. The van der Waals surface area contributed by atoms with Crippen LogP contribution < -0.4 is 5.32 Å². The smallest absolute Gasteiger partial charge is 0.263 e. The van der Waals surface area contributed by atoms with E-state index in [-0.39, 0.29) is 18.2 Å². The summed E-state index contributed by atoms with van der Waals surface area (Å²) in [4.78, 5) is 31.0. The van der Waals surface area contributed by atoms with Gasteiger partial charge in [-0.25, -0.2) is 4.98 Å². The predicted molar refractivity (Wildman–Crippen MR) is 110 cm³/mol. The molecule has 0 atom stereocenters. The van der Waals surface area contributed by atoms with E-state index in [2.05, 4.69) is 22.4 Å². The molecule has 1 N–H and O–H groups in total. The third-order valence-corrected chi connectivity index (χ3v) is 5.33. The molecule has 0 spiro atoms. The molecule has 156 valence electrons. The van der Waals surface area contributed by atoms with Crippen LogP contribution in [0.5, 0.6) is 0 Å². The zero-order chi connectivity index (χ0) is 20.9. The van der Waals surface area contributed by atoms with Crippen molar-refractivity contribution in [3.63, 3.8) is 0 Å². The number of carbonyl (C=O) groups excluding carboxylic acids is 2. The van der Waals surface area contributed by atoms with Gasteiger partial charge in [-0.05, 0) is 43.0 Å². The zero-order valence-corrected chi connectivity index (χ0v) is 17.0. The lowest BCUT2D eigenvalue weighted by Gasteiger charge is -2.29. The summed E-state index contributed by atoms with van der Waals surface area (Å²) >= 11 is 0. The Labute approximate surface area is 175 Å². The maximum Gasteiger partial charge on any atom is 0.263 e. The average Bonchev–Trinajstić information content (AvgIpc) is 3.41. The third kappa shape index (κ3) is 4.62. The van der Waals surface area contributed by atoms with Gasteiger partial charge in [0, 0.05) is 26.1 Å². The molecule has 1 aromatic carbocycles. The number of carbonyl (C=O) groups is 2. The molecule has 4 rings (SSSR count). The summed E-state index contributed by atoms with van der Waals surface area (Å²) in [6.45, 7) is 3.66. The molecule has 1 aliphatic heterocycles. The van der Waals surface area contributed by atoms with E-state index in [1.54, 1.807) is 25.3 Å². The third-order valence-electron chi connectivity index (χ3n) is 5.33. The summed E-state index contributed by atoms with van der Waals surface area (Å²) in [5, 5.41) is 2.86. The minimum Gasteiger partial charge on any atom is -0.459 e. The molecule has 3 aromatic rings. The van der Waals surface area contributed by atoms with Crippen LogP contribution in [0, 0.1) is 6.92 Å². The minimum absolute atomic E-state index is 0.132. The second-order valence-electron chi connectivity index (χ2n) is 7.46. The second kappa shape index (κ2) is 8.98. The van der Waals surface area contributed by atoms with Crippen LogP contribution in [0.4, 0.5) is 0 Å². The Morgan fingerprint density at radius 2 is 2.00 bits per heavy atom. The molecule has 0 aliphatic carbocycles. The van der Waals surface area contributed by atoms with Crippen LogP contribution in [0.1, 0.15) is 35.4 Å². The first kappa shape index (κ1) is 19.9. The maximum absolute atomic E-state index is 12.5. The number of hydrogen-bond donors (Lipinski definition) is 1. The first-order chi connectivity index (χ1) is 14.6. The number of oxazole rings is 1. The quantitative estimate of drug-likeness (QED) is 0.607. The van der Waals surface area contributed by atoms with E-state index < -0.39 is 0 Å². The first-order valence-corrected chi connectivity index (χ1v) is 10.2. The number of benzene rings is 1. The number of hydrogen-bond acceptors (Lipinski definition) is 5. The molecule has 2 aromatic heterocycles. The Morgan fingerprint density at radius 3 is 2.80 bits per heavy atom. The van der Waals surface area contributed by atoms with Gasteiger partial charge in [0.15, 0.2) is 5.76 Å². The molecule has 7 heteroatoms. The second-order valence-corrected chi connectivity index (χ2v) is 7.46. The standard InChI is InChI=1S/C23H25N3O4/c1-16-19(25-23(30-16)20-8-5-13-29-20)14-21(27)24-11-4-9-22(28)26-12-10-17-6-2-3-7-18(17)15-26/h2-3,5-8,13H,4,9-12,14-15H2,1H3,(H,24,27). The molecule has 2 amide bonds. The molecule has 0 bridgehead atoms. The molecular formula is C23H25N3O4. The Bertz CT molecular complexity index is 1020. The van der Waals surface area contributed by atoms with Gasteiger partial charge in [0.25, 0.3) is 5.89 Å². The normalized spacial score (nSPS) is 13.2. The minimum atomic E-state index is -0.142. The predicted octanol–water partition coefficient (Wildman–Crippen LogP) is 3.27. The van der Waals surface area contributed by atoms with Crippen LogP contribution in [0.15, 0.2) is 51.5 Å². The number of aryl methyl sites for hydroxylation is 1. The van der Waals surface area contributed by atoms with Gasteiger partial charge >= 0.3 is 0 Å². The number of fused-ring (bicyclic) bond motifs is 1. The van der Waals surface area contributed by atoms with E-state index >= 15 is 0 Å². The number of nitrogens with zero attached hydrogens (tertiary/aromatic N) is 2. The summed E-state index contributed by atoms with van der Waals surface area (Å²) in [7, 11) is 0. The molecule has 0 radical (unpaired) electrons. The molecular weight excluding hydrogens is 382 g/mol. The lowest BCUT2D eigenvalue weighted by Crippen LogP contribution is -2.36. The van der Waals surface area contributed by atoms with Gasteiger partial charge in [0.2, 0.25) is 11.8 Å². The lowest BCUT2D eigenvalue weighted by molar-refractivity contribution is -0.132. The number of aromatic nitrogens is 1. The van der Waals surface area contributed by atoms with Crippen LogP contribution in [0.2, 0.25) is 0 Å². The summed E-state index contributed by atoms with van der Waals surface area (Å²) in [5.74, 6) is 1.49. The van der Waals surface area contributed by atoms with Gasteiger partial charge in [0.05, 0.1) is 18.4 Å². The van der Waals surface area contributed by atoms with Crippen molar-refractivity contribution < 1.29 is 18.4 Å². The molecule has 0 fully saturated rings. The Hall–Kier alpha value is -3.35. The Morgan fingerprint density at radius 1 is 1.17 bits per heavy atom. The monoisotopic (exact) mass is 407 g/mol. The molecule has 0 saturated carbocycles. The van der Waals surface area contributed by atoms with Gasteiger partial charge < -0.3 is 19.1 Å². The largest absolute Gasteiger partial charge is 0.459 e. The molecule has 7 nitrogen and oxygen atoms in total. The maximum atomic E-state index is 12.5. The van der Waals surface area contributed by atoms with Gasteiger partial charge in [-0.2, -0.15) is 0 Å². The number of furan rings is 1. The van der Waals surface area contributed by atoms with Crippen molar-refractivity contribution in [3.8, 4) is 11.7 Å². The summed E-state index contributed by atoms with van der Waals surface area (Å²) in [5.41, 5.74) is 3.14. The summed E-state index contributed by atoms with van der Waals surface area (Å²) in [6, 6.07) is 11.8. The van der Waals surface area contributed by atoms with Crippen LogP contribution >= 0.6 is 0 Å². The topological polar surface area (TPSA) is 88.6 Å². The number of rotatable bonds is 7. The van der Waals surface area contributed by atoms with E-state index in [1.165, 1.54) is 11.1 Å². The first-order valence-electron chi connectivity index (χ1n) is 10.2. The molecule has 0 unspecified atom stereocenters. The van der Waals surface area contributed by atoms with Crippen molar-refractivity contribution in [2.75, 3.05) is 13.1 Å². The van der Waals surface area contributed by atoms with Crippen molar-refractivity contribution in [1.82, 2.24) is 15.2 Å². The highest BCUT2D eigenvalue weighted by Crippen LogP contribution is 2.22. The van der Waals surface area contributed by atoms with Crippen molar-refractivity contribution in [3.05, 3.63) is 65.2 Å². The highest BCUT2D eigenvalue weighted by Gasteiger charge is 2.20. The van der Waals surface area contributed by atoms with E-state index in [9.17, 15) is 9.59 Å². The van der Waals surface area contributed by atoms with Crippen LogP contribution in [0.25, 0.3) is 11.7 Å². The fraction of sp³-hybridized carbons (Fsp3) is 0.348. The van der Waals surface area contributed by atoms with Crippen molar-refractivity contribution in [2.24, 2.45) is 0 Å². The van der Waals surface area contributed by atoms with Crippen LogP contribution in [-0.2, 0) is 29.0 Å². The van der Waals surface area contributed by atoms with Crippen molar-refractivity contribution in [2.45, 2.75) is 39.2 Å².